The molecule has 1 aliphatic rings. The zero-order chi connectivity index (χ0) is 9.14. The van der Waals surface area contributed by atoms with Crippen LogP contribution in [0.3, 0.4) is 0 Å². The number of hydrogen-bond acceptors (Lipinski definition) is 2. The zero-order valence-corrected chi connectivity index (χ0v) is 7.99. The Hall–Kier alpha value is -0.640. The van der Waals surface area contributed by atoms with Crippen LogP contribution in [0.25, 0.3) is 0 Å². The number of amides is 1. The van der Waals surface area contributed by atoms with Crippen LogP contribution in [-0.4, -0.2) is 17.4 Å². The lowest BCUT2D eigenvalue weighted by Crippen LogP contribution is -2.36. The highest BCUT2D eigenvalue weighted by atomic mass is 32.1. The lowest BCUT2D eigenvalue weighted by Gasteiger charge is -2.09. The molecule has 0 bridgehead atoms. The average Bonchev–Trinajstić information content (AvgIpc) is 2.81. The summed E-state index contributed by atoms with van der Waals surface area (Å²) in [6, 6.07) is 0. The van der Waals surface area contributed by atoms with E-state index in [1.165, 1.54) is 12.8 Å². The van der Waals surface area contributed by atoms with E-state index < -0.39 is 0 Å². The summed E-state index contributed by atoms with van der Waals surface area (Å²) < 4.78 is 0. The van der Waals surface area contributed by atoms with Crippen molar-refractivity contribution in [2.24, 2.45) is 17.6 Å². The number of hydrogen-bond donors (Lipinski definition) is 2. The molecule has 3 nitrogen and oxygen atoms in total. The zero-order valence-electron chi connectivity index (χ0n) is 7.17. The fourth-order valence-electron chi connectivity index (χ4n) is 0.849. The molecule has 68 valence electrons. The quantitative estimate of drug-likeness (QED) is 0.626. The summed E-state index contributed by atoms with van der Waals surface area (Å²) in [7, 11) is 0. The number of nitrogens with two attached hydrogens (primary N) is 1. The molecule has 0 aliphatic heterocycles. The Morgan fingerprint density at radius 3 is 2.75 bits per heavy atom. The molecule has 0 heterocycles. The molecule has 0 aromatic carbocycles. The van der Waals surface area contributed by atoms with Gasteiger partial charge < -0.3 is 11.1 Å². The molecule has 0 radical (unpaired) electrons. The van der Waals surface area contributed by atoms with E-state index >= 15 is 0 Å². The van der Waals surface area contributed by atoms with Crippen LogP contribution in [0, 0.1) is 11.8 Å². The molecular formula is C8H14N2OS. The SMILES string of the molecule is CC(C(=O)NCC1CC1)C(N)=S. The topological polar surface area (TPSA) is 55.1 Å². The van der Waals surface area contributed by atoms with Crippen molar-refractivity contribution in [1.82, 2.24) is 5.32 Å². The average molecular weight is 186 g/mol. The standard InChI is InChI=1S/C8H14N2OS/c1-5(7(9)12)8(11)10-4-6-2-3-6/h5-6H,2-4H2,1H3,(H2,9,12)(H,10,11). The van der Waals surface area contributed by atoms with Crippen LogP contribution < -0.4 is 11.1 Å². The Bertz CT molecular complexity index is 201. The van der Waals surface area contributed by atoms with E-state index in [0.29, 0.717) is 5.92 Å². The van der Waals surface area contributed by atoms with E-state index in [-0.39, 0.29) is 16.8 Å². The smallest absolute Gasteiger partial charge is 0.229 e. The fraction of sp³-hybridized carbons (Fsp3) is 0.750. The van der Waals surface area contributed by atoms with Crippen molar-refractivity contribution in [2.75, 3.05) is 6.54 Å². The summed E-state index contributed by atoms with van der Waals surface area (Å²) in [5.41, 5.74) is 5.33. The first-order chi connectivity index (χ1) is 5.61. The van der Waals surface area contributed by atoms with Gasteiger partial charge in [-0.05, 0) is 25.7 Å². The van der Waals surface area contributed by atoms with Gasteiger partial charge in [0, 0.05) is 6.54 Å². The van der Waals surface area contributed by atoms with Gasteiger partial charge in [0.1, 0.15) is 0 Å². The minimum atomic E-state index is -0.334. The van der Waals surface area contributed by atoms with Crippen LogP contribution in [0.15, 0.2) is 0 Å². The number of thiocarbonyl (C=S) groups is 1. The maximum Gasteiger partial charge on any atom is 0.229 e. The summed E-state index contributed by atoms with van der Waals surface area (Å²) >= 11 is 4.71. The minimum Gasteiger partial charge on any atom is -0.393 e. The molecule has 12 heavy (non-hydrogen) atoms. The second-order valence-electron chi connectivity index (χ2n) is 3.31. The van der Waals surface area contributed by atoms with Crippen LogP contribution >= 0.6 is 12.2 Å². The van der Waals surface area contributed by atoms with Crippen LogP contribution in [0.4, 0.5) is 0 Å². The van der Waals surface area contributed by atoms with E-state index in [2.05, 4.69) is 5.32 Å². The first-order valence-corrected chi connectivity index (χ1v) is 4.59. The second-order valence-corrected chi connectivity index (χ2v) is 3.78. The van der Waals surface area contributed by atoms with E-state index in [1.807, 2.05) is 0 Å². The monoisotopic (exact) mass is 186 g/mol. The van der Waals surface area contributed by atoms with Gasteiger partial charge in [0.05, 0.1) is 10.9 Å². The Kier molecular flexibility index (Phi) is 3.03. The van der Waals surface area contributed by atoms with Crippen molar-refractivity contribution in [2.45, 2.75) is 19.8 Å². The van der Waals surface area contributed by atoms with E-state index in [4.69, 9.17) is 18.0 Å². The van der Waals surface area contributed by atoms with E-state index in [1.54, 1.807) is 6.92 Å². The minimum absolute atomic E-state index is 0.0469. The second kappa shape index (κ2) is 3.85. The van der Waals surface area contributed by atoms with Gasteiger partial charge >= 0.3 is 0 Å². The summed E-state index contributed by atoms with van der Waals surface area (Å²) in [6.45, 7) is 2.51. The first-order valence-electron chi connectivity index (χ1n) is 4.18. The fourth-order valence-corrected chi connectivity index (χ4v) is 0.956. The summed E-state index contributed by atoms with van der Waals surface area (Å²) in [5.74, 6) is 0.320. The third-order valence-electron chi connectivity index (χ3n) is 2.08. The van der Waals surface area contributed by atoms with Crippen molar-refractivity contribution in [1.29, 1.82) is 0 Å². The van der Waals surface area contributed by atoms with E-state index in [0.717, 1.165) is 6.54 Å². The molecule has 0 aromatic heterocycles. The van der Waals surface area contributed by atoms with E-state index in [9.17, 15) is 4.79 Å². The van der Waals surface area contributed by atoms with Crippen LogP contribution in [0.1, 0.15) is 19.8 Å². The number of nitrogens with one attached hydrogen (secondary N) is 1. The van der Waals surface area contributed by atoms with Gasteiger partial charge in [-0.1, -0.05) is 12.2 Å². The maximum atomic E-state index is 11.2. The van der Waals surface area contributed by atoms with Gasteiger partial charge in [0.2, 0.25) is 5.91 Å². The maximum absolute atomic E-state index is 11.2. The third-order valence-corrected chi connectivity index (χ3v) is 2.44. The van der Waals surface area contributed by atoms with Crippen molar-refractivity contribution in [3.63, 3.8) is 0 Å². The molecule has 0 aromatic rings. The first kappa shape index (κ1) is 9.45. The largest absolute Gasteiger partial charge is 0.393 e. The highest BCUT2D eigenvalue weighted by Gasteiger charge is 2.23. The summed E-state index contributed by atoms with van der Waals surface area (Å²) in [4.78, 5) is 11.5. The lowest BCUT2D eigenvalue weighted by atomic mass is 10.1. The van der Waals surface area contributed by atoms with Crippen LogP contribution in [0.5, 0.6) is 0 Å². The molecule has 1 saturated carbocycles. The molecule has 0 saturated heterocycles. The van der Waals surface area contributed by atoms with Gasteiger partial charge in [-0.3, -0.25) is 4.79 Å². The molecule has 0 spiro atoms. The lowest BCUT2D eigenvalue weighted by molar-refractivity contribution is -0.122. The van der Waals surface area contributed by atoms with Gasteiger partial charge in [-0.25, -0.2) is 0 Å². The highest BCUT2D eigenvalue weighted by Crippen LogP contribution is 2.27. The van der Waals surface area contributed by atoms with Crippen molar-refractivity contribution in [3.05, 3.63) is 0 Å². The predicted octanol–water partition coefficient (Wildman–Crippen LogP) is 0.435. The van der Waals surface area contributed by atoms with Gasteiger partial charge in [-0.15, -0.1) is 0 Å². The predicted molar refractivity (Wildman–Crippen MR) is 51.7 cm³/mol. The van der Waals surface area contributed by atoms with Gasteiger partial charge in [-0.2, -0.15) is 0 Å². The van der Waals surface area contributed by atoms with Crippen molar-refractivity contribution < 1.29 is 4.79 Å². The molecule has 3 N–H and O–H groups in total. The molecule has 1 fully saturated rings. The molecule has 1 unspecified atom stereocenters. The molecule has 1 rings (SSSR count). The van der Waals surface area contributed by atoms with Crippen molar-refractivity contribution in [3.8, 4) is 0 Å². The van der Waals surface area contributed by atoms with Crippen molar-refractivity contribution >= 4 is 23.1 Å². The molecule has 4 heteroatoms. The number of rotatable bonds is 4. The van der Waals surface area contributed by atoms with Crippen LogP contribution in [0.2, 0.25) is 0 Å². The Balaban J connectivity index is 2.21. The summed E-state index contributed by atoms with van der Waals surface area (Å²) in [5, 5.41) is 2.82. The summed E-state index contributed by atoms with van der Waals surface area (Å²) in [6.07, 6.45) is 2.48. The normalized spacial score (nSPS) is 18.4. The highest BCUT2D eigenvalue weighted by molar-refractivity contribution is 7.80. The molecule has 1 aliphatic carbocycles. The Morgan fingerprint density at radius 1 is 1.75 bits per heavy atom. The van der Waals surface area contributed by atoms with Gasteiger partial charge in [0.25, 0.3) is 0 Å². The third kappa shape index (κ3) is 2.77. The molecule has 1 amide bonds. The Morgan fingerprint density at radius 2 is 2.33 bits per heavy atom. The number of carbonyl (C=O) groups excluding carboxylic acids is 1. The molecule has 1 atom stereocenters. The molecular weight excluding hydrogens is 172 g/mol. The van der Waals surface area contributed by atoms with Crippen LogP contribution in [-0.2, 0) is 4.79 Å². The number of carbonyl (C=O) groups is 1. The Labute approximate surface area is 77.7 Å². The van der Waals surface area contributed by atoms with Gasteiger partial charge in [0.15, 0.2) is 0 Å².